The van der Waals surface area contributed by atoms with E-state index >= 15 is 0 Å². The summed E-state index contributed by atoms with van der Waals surface area (Å²) < 4.78 is 1.96. The van der Waals surface area contributed by atoms with E-state index in [1.807, 2.05) is 30.1 Å². The van der Waals surface area contributed by atoms with Crippen LogP contribution in [0.2, 0.25) is 0 Å². The zero-order valence-corrected chi connectivity index (χ0v) is 12.0. The van der Waals surface area contributed by atoms with Gasteiger partial charge < -0.3 is 10.4 Å². The van der Waals surface area contributed by atoms with Crippen LogP contribution in [0.15, 0.2) is 30.5 Å². The zero-order chi connectivity index (χ0) is 14.8. The standard InChI is InChI=1S/C16H19N3O2/c1-19-15-4-2-3-14(13(15)10-18-19)17-9-11-5-7-12(8-6-11)16(20)21/h5-8,10,14,17H,2-4,9H2,1H3,(H,20,21). The highest BCUT2D eigenvalue weighted by Crippen LogP contribution is 2.29. The maximum atomic E-state index is 10.8. The Morgan fingerprint density at radius 3 is 2.90 bits per heavy atom. The number of nitrogens with one attached hydrogen (secondary N) is 1. The Morgan fingerprint density at radius 2 is 2.19 bits per heavy atom. The second kappa shape index (κ2) is 5.69. The molecule has 110 valence electrons. The predicted octanol–water partition coefficient (Wildman–Crippen LogP) is 2.29. The second-order valence-electron chi connectivity index (χ2n) is 5.50. The molecule has 0 aliphatic heterocycles. The van der Waals surface area contributed by atoms with Gasteiger partial charge in [0.2, 0.25) is 0 Å². The van der Waals surface area contributed by atoms with Crippen LogP contribution in [0.4, 0.5) is 0 Å². The van der Waals surface area contributed by atoms with Gasteiger partial charge >= 0.3 is 5.97 Å². The van der Waals surface area contributed by atoms with Gasteiger partial charge in [-0.2, -0.15) is 5.10 Å². The van der Waals surface area contributed by atoms with E-state index in [0.29, 0.717) is 11.6 Å². The third-order valence-electron chi connectivity index (χ3n) is 4.13. The maximum absolute atomic E-state index is 10.8. The minimum atomic E-state index is -0.887. The Bertz CT molecular complexity index is 646. The molecule has 1 atom stereocenters. The molecule has 1 aliphatic carbocycles. The van der Waals surface area contributed by atoms with E-state index in [2.05, 4.69) is 10.4 Å². The molecule has 5 heteroatoms. The molecule has 0 saturated carbocycles. The number of benzene rings is 1. The molecule has 3 rings (SSSR count). The lowest BCUT2D eigenvalue weighted by atomic mass is 9.93. The summed E-state index contributed by atoms with van der Waals surface area (Å²) in [5, 5.41) is 16.8. The number of aryl methyl sites for hydroxylation is 1. The van der Waals surface area contributed by atoms with Crippen LogP contribution in [0.5, 0.6) is 0 Å². The summed E-state index contributed by atoms with van der Waals surface area (Å²) in [5.74, 6) is -0.887. The number of aromatic carboxylic acids is 1. The molecular weight excluding hydrogens is 266 g/mol. The van der Waals surface area contributed by atoms with Gasteiger partial charge in [-0.3, -0.25) is 4.68 Å². The van der Waals surface area contributed by atoms with E-state index in [1.165, 1.54) is 17.7 Å². The summed E-state index contributed by atoms with van der Waals surface area (Å²) in [7, 11) is 1.99. The lowest BCUT2D eigenvalue weighted by Crippen LogP contribution is -2.24. The van der Waals surface area contributed by atoms with E-state index in [-0.39, 0.29) is 0 Å². The molecule has 21 heavy (non-hydrogen) atoms. The number of rotatable bonds is 4. The number of carboxylic acids is 1. The van der Waals surface area contributed by atoms with Crippen LogP contribution >= 0.6 is 0 Å². The maximum Gasteiger partial charge on any atom is 0.335 e. The van der Waals surface area contributed by atoms with Crippen LogP contribution in [0.3, 0.4) is 0 Å². The van der Waals surface area contributed by atoms with Gasteiger partial charge in [-0.15, -0.1) is 0 Å². The third kappa shape index (κ3) is 2.83. The van der Waals surface area contributed by atoms with Gasteiger partial charge in [0, 0.05) is 30.9 Å². The normalized spacial score (nSPS) is 17.5. The fourth-order valence-electron chi connectivity index (χ4n) is 2.92. The molecule has 2 N–H and O–H groups in total. The van der Waals surface area contributed by atoms with Crippen molar-refractivity contribution in [2.75, 3.05) is 0 Å². The highest BCUT2D eigenvalue weighted by molar-refractivity contribution is 5.87. The Hall–Kier alpha value is -2.14. The van der Waals surface area contributed by atoms with Crippen LogP contribution in [0.25, 0.3) is 0 Å². The van der Waals surface area contributed by atoms with Gasteiger partial charge in [0.15, 0.2) is 0 Å². The molecule has 0 saturated heterocycles. The first kappa shape index (κ1) is 13.8. The van der Waals surface area contributed by atoms with Crippen molar-refractivity contribution in [2.45, 2.75) is 31.8 Å². The zero-order valence-electron chi connectivity index (χ0n) is 12.0. The Labute approximate surface area is 123 Å². The van der Waals surface area contributed by atoms with Gasteiger partial charge in [-0.1, -0.05) is 12.1 Å². The minimum Gasteiger partial charge on any atom is -0.478 e. The summed E-state index contributed by atoms with van der Waals surface area (Å²) in [6.45, 7) is 0.735. The summed E-state index contributed by atoms with van der Waals surface area (Å²) >= 11 is 0. The van der Waals surface area contributed by atoms with Crippen molar-refractivity contribution >= 4 is 5.97 Å². The lowest BCUT2D eigenvalue weighted by Gasteiger charge is -2.24. The SMILES string of the molecule is Cn1ncc2c1CCCC2NCc1ccc(C(=O)O)cc1. The monoisotopic (exact) mass is 285 g/mol. The van der Waals surface area contributed by atoms with Crippen molar-refractivity contribution < 1.29 is 9.90 Å². The molecule has 1 aromatic heterocycles. The van der Waals surface area contributed by atoms with E-state index < -0.39 is 5.97 Å². The van der Waals surface area contributed by atoms with Crippen molar-refractivity contribution in [1.82, 2.24) is 15.1 Å². The van der Waals surface area contributed by atoms with Crippen LogP contribution in [-0.2, 0) is 20.0 Å². The molecule has 0 radical (unpaired) electrons. The van der Waals surface area contributed by atoms with E-state index in [9.17, 15) is 4.79 Å². The van der Waals surface area contributed by atoms with Crippen LogP contribution in [0.1, 0.15) is 46.1 Å². The highest BCUT2D eigenvalue weighted by atomic mass is 16.4. The lowest BCUT2D eigenvalue weighted by molar-refractivity contribution is 0.0697. The average Bonchev–Trinajstić information content (AvgIpc) is 2.88. The van der Waals surface area contributed by atoms with Gasteiger partial charge in [-0.05, 0) is 37.0 Å². The molecule has 5 nitrogen and oxygen atoms in total. The minimum absolute atomic E-state index is 0.325. The van der Waals surface area contributed by atoms with Crippen molar-refractivity contribution in [3.05, 3.63) is 52.8 Å². The largest absolute Gasteiger partial charge is 0.478 e. The molecule has 1 aromatic carbocycles. The third-order valence-corrected chi connectivity index (χ3v) is 4.13. The van der Waals surface area contributed by atoms with Crippen molar-refractivity contribution in [3.8, 4) is 0 Å². The first-order valence-electron chi connectivity index (χ1n) is 7.21. The van der Waals surface area contributed by atoms with Crippen molar-refractivity contribution in [1.29, 1.82) is 0 Å². The molecular formula is C16H19N3O2. The van der Waals surface area contributed by atoms with Gasteiger partial charge in [0.25, 0.3) is 0 Å². The molecule has 0 spiro atoms. The molecule has 0 amide bonds. The number of nitrogens with zero attached hydrogens (tertiary/aromatic N) is 2. The number of aromatic nitrogens is 2. The number of hydrogen-bond donors (Lipinski definition) is 2. The van der Waals surface area contributed by atoms with Gasteiger partial charge in [0.1, 0.15) is 0 Å². The number of carboxylic acid groups (broad SMARTS) is 1. The summed E-state index contributed by atoms with van der Waals surface area (Å²) in [5.41, 5.74) is 4.04. The van der Waals surface area contributed by atoms with Gasteiger partial charge in [-0.25, -0.2) is 4.79 Å². The first-order chi connectivity index (χ1) is 10.1. The van der Waals surface area contributed by atoms with Crippen LogP contribution in [-0.4, -0.2) is 20.9 Å². The fraction of sp³-hybridized carbons (Fsp3) is 0.375. The molecule has 0 fully saturated rings. The smallest absolute Gasteiger partial charge is 0.335 e. The average molecular weight is 285 g/mol. The topological polar surface area (TPSA) is 67.2 Å². The summed E-state index contributed by atoms with van der Waals surface area (Å²) in [4.78, 5) is 10.8. The van der Waals surface area contributed by atoms with E-state index in [0.717, 1.165) is 24.9 Å². The first-order valence-corrected chi connectivity index (χ1v) is 7.21. The number of hydrogen-bond acceptors (Lipinski definition) is 3. The Morgan fingerprint density at radius 1 is 1.43 bits per heavy atom. The molecule has 2 aromatic rings. The quantitative estimate of drug-likeness (QED) is 0.904. The van der Waals surface area contributed by atoms with Crippen LogP contribution < -0.4 is 5.32 Å². The predicted molar refractivity (Wildman–Crippen MR) is 79.1 cm³/mol. The Balaban J connectivity index is 1.67. The summed E-state index contributed by atoms with van der Waals surface area (Å²) in [6.07, 6.45) is 5.34. The molecule has 1 unspecified atom stereocenters. The molecule has 1 aliphatic rings. The van der Waals surface area contributed by atoms with Crippen molar-refractivity contribution in [2.24, 2.45) is 7.05 Å². The second-order valence-corrected chi connectivity index (χ2v) is 5.50. The van der Waals surface area contributed by atoms with E-state index in [4.69, 9.17) is 5.11 Å². The summed E-state index contributed by atoms with van der Waals surface area (Å²) in [6, 6.07) is 7.36. The van der Waals surface area contributed by atoms with Gasteiger partial charge in [0.05, 0.1) is 11.8 Å². The van der Waals surface area contributed by atoms with E-state index in [1.54, 1.807) is 12.1 Å². The molecule has 0 bridgehead atoms. The number of carbonyl (C=O) groups is 1. The Kier molecular flexibility index (Phi) is 3.75. The molecule has 1 heterocycles. The number of fused-ring (bicyclic) bond motifs is 1. The van der Waals surface area contributed by atoms with Crippen LogP contribution in [0, 0.1) is 0 Å². The van der Waals surface area contributed by atoms with Crippen molar-refractivity contribution in [3.63, 3.8) is 0 Å². The highest BCUT2D eigenvalue weighted by Gasteiger charge is 2.22. The fourth-order valence-corrected chi connectivity index (χ4v) is 2.92.